The van der Waals surface area contributed by atoms with Crippen LogP contribution in [0.3, 0.4) is 0 Å². The van der Waals surface area contributed by atoms with Crippen molar-refractivity contribution in [2.24, 2.45) is 0 Å². The average Bonchev–Trinajstić information content (AvgIpc) is 2.87. The fraction of sp³-hybridized carbons (Fsp3) is 0.500. The molecule has 2 aromatic rings. The van der Waals surface area contributed by atoms with Crippen LogP contribution in [0.15, 0.2) is 30.3 Å². The van der Waals surface area contributed by atoms with Crippen molar-refractivity contribution in [3.63, 3.8) is 0 Å². The molecule has 0 aliphatic carbocycles. The highest BCUT2D eigenvalue weighted by atomic mass is 16.7. The molecule has 1 saturated heterocycles. The lowest BCUT2D eigenvalue weighted by Gasteiger charge is -2.40. The summed E-state index contributed by atoms with van der Waals surface area (Å²) in [6, 6.07) is 9.01. The standard InChI is InChI=1S/C24H30O10/c1-29-13-9-17-14(5-7-15(32-17)12-4-6-16(30-2)19(8-12)31-3)18(10-13)33-24-23(28)22(27)21(26)20(11-25)34-24/h4,6,8-10,15,20-28H,5,7,11H2,1-3H3. The number of ether oxygens (including phenoxy) is 6. The van der Waals surface area contributed by atoms with Crippen molar-refractivity contribution in [3.8, 4) is 28.7 Å². The Balaban J connectivity index is 1.60. The van der Waals surface area contributed by atoms with E-state index in [1.807, 2.05) is 18.2 Å². The molecule has 2 aliphatic heterocycles. The SMILES string of the molecule is COc1cc2c(c(OC3OC(CO)C(O)C(O)C3O)c1)CCC(c1ccc(OC)c(OC)c1)O2. The van der Waals surface area contributed by atoms with Crippen molar-refractivity contribution in [2.45, 2.75) is 49.7 Å². The molecule has 10 heteroatoms. The monoisotopic (exact) mass is 478 g/mol. The zero-order valence-corrected chi connectivity index (χ0v) is 19.2. The summed E-state index contributed by atoms with van der Waals surface area (Å²) in [5, 5.41) is 39.9. The number of rotatable bonds is 7. The molecule has 2 aliphatic rings. The van der Waals surface area contributed by atoms with E-state index in [0.29, 0.717) is 41.6 Å². The van der Waals surface area contributed by atoms with Crippen molar-refractivity contribution in [3.05, 3.63) is 41.5 Å². The maximum atomic E-state index is 10.4. The molecule has 34 heavy (non-hydrogen) atoms. The number of fused-ring (bicyclic) bond motifs is 1. The Kier molecular flexibility index (Phi) is 7.34. The molecule has 1 fully saturated rings. The second-order valence-electron chi connectivity index (χ2n) is 8.18. The Labute approximate surface area is 197 Å². The molecular weight excluding hydrogens is 448 g/mol. The molecule has 0 spiro atoms. The lowest BCUT2D eigenvalue weighted by Crippen LogP contribution is -2.60. The Morgan fingerprint density at radius 2 is 1.65 bits per heavy atom. The third kappa shape index (κ3) is 4.59. The number of hydrogen-bond donors (Lipinski definition) is 4. The zero-order chi connectivity index (χ0) is 24.4. The second-order valence-corrected chi connectivity index (χ2v) is 8.18. The normalized spacial score (nSPS) is 28.4. The number of methoxy groups -OCH3 is 3. The van der Waals surface area contributed by atoms with Crippen LogP contribution >= 0.6 is 0 Å². The molecule has 0 saturated carbocycles. The third-order valence-corrected chi connectivity index (χ3v) is 6.17. The summed E-state index contributed by atoms with van der Waals surface area (Å²) in [5.74, 6) is 2.59. The number of aliphatic hydroxyl groups is 4. The Morgan fingerprint density at radius 1 is 0.882 bits per heavy atom. The molecule has 2 aromatic carbocycles. The van der Waals surface area contributed by atoms with E-state index in [1.165, 1.54) is 7.11 Å². The van der Waals surface area contributed by atoms with Crippen LogP contribution in [0.1, 0.15) is 23.7 Å². The predicted molar refractivity (Wildman–Crippen MR) is 119 cm³/mol. The molecule has 6 unspecified atom stereocenters. The lowest BCUT2D eigenvalue weighted by atomic mass is 9.96. The van der Waals surface area contributed by atoms with Crippen LogP contribution in [0.2, 0.25) is 0 Å². The smallest absolute Gasteiger partial charge is 0.229 e. The second kappa shape index (κ2) is 10.2. The minimum atomic E-state index is -1.54. The number of benzene rings is 2. The summed E-state index contributed by atoms with van der Waals surface area (Å²) in [6.45, 7) is -0.545. The van der Waals surface area contributed by atoms with Gasteiger partial charge in [0.2, 0.25) is 6.29 Å². The van der Waals surface area contributed by atoms with E-state index >= 15 is 0 Å². The van der Waals surface area contributed by atoms with E-state index in [4.69, 9.17) is 28.4 Å². The van der Waals surface area contributed by atoms with E-state index in [0.717, 1.165) is 11.1 Å². The Morgan fingerprint density at radius 3 is 2.32 bits per heavy atom. The van der Waals surface area contributed by atoms with Gasteiger partial charge in [0.25, 0.3) is 0 Å². The van der Waals surface area contributed by atoms with E-state index in [1.54, 1.807) is 26.4 Å². The van der Waals surface area contributed by atoms with Gasteiger partial charge in [0.15, 0.2) is 11.5 Å². The van der Waals surface area contributed by atoms with Crippen molar-refractivity contribution >= 4 is 0 Å². The van der Waals surface area contributed by atoms with Gasteiger partial charge in [0.1, 0.15) is 47.8 Å². The zero-order valence-electron chi connectivity index (χ0n) is 19.2. The van der Waals surface area contributed by atoms with Gasteiger partial charge in [-0.1, -0.05) is 6.07 Å². The van der Waals surface area contributed by atoms with Gasteiger partial charge in [-0.15, -0.1) is 0 Å². The minimum Gasteiger partial charge on any atom is -0.496 e. The Hall–Kier alpha value is -2.76. The van der Waals surface area contributed by atoms with E-state index in [-0.39, 0.29) is 6.10 Å². The topological polar surface area (TPSA) is 136 Å². The van der Waals surface area contributed by atoms with Crippen molar-refractivity contribution in [1.29, 1.82) is 0 Å². The largest absolute Gasteiger partial charge is 0.496 e. The first kappa shape index (κ1) is 24.4. The van der Waals surface area contributed by atoms with Gasteiger partial charge in [0.05, 0.1) is 27.9 Å². The maximum Gasteiger partial charge on any atom is 0.229 e. The highest BCUT2D eigenvalue weighted by molar-refractivity contribution is 5.52. The molecule has 0 bridgehead atoms. The van der Waals surface area contributed by atoms with Gasteiger partial charge in [-0.3, -0.25) is 0 Å². The number of aliphatic hydroxyl groups excluding tert-OH is 4. The fourth-order valence-electron chi connectivity index (χ4n) is 4.24. The first-order valence-electron chi connectivity index (χ1n) is 11.0. The summed E-state index contributed by atoms with van der Waals surface area (Å²) in [4.78, 5) is 0. The van der Waals surface area contributed by atoms with E-state index in [9.17, 15) is 20.4 Å². The van der Waals surface area contributed by atoms with Crippen LogP contribution in [0.5, 0.6) is 28.7 Å². The molecule has 6 atom stereocenters. The minimum absolute atomic E-state index is 0.250. The van der Waals surface area contributed by atoms with Crippen LogP contribution in [0.25, 0.3) is 0 Å². The van der Waals surface area contributed by atoms with Gasteiger partial charge < -0.3 is 48.8 Å². The molecule has 0 radical (unpaired) electrons. The first-order valence-corrected chi connectivity index (χ1v) is 11.0. The van der Waals surface area contributed by atoms with Crippen LogP contribution < -0.4 is 23.7 Å². The summed E-state index contributed by atoms with van der Waals surface area (Å²) >= 11 is 0. The lowest BCUT2D eigenvalue weighted by molar-refractivity contribution is -0.277. The maximum absolute atomic E-state index is 10.4. The molecule has 0 amide bonds. The summed E-state index contributed by atoms with van der Waals surface area (Å²) < 4.78 is 33.8. The molecule has 2 heterocycles. The van der Waals surface area contributed by atoms with Crippen molar-refractivity contribution in [1.82, 2.24) is 0 Å². The quantitative estimate of drug-likeness (QED) is 0.455. The van der Waals surface area contributed by atoms with E-state index < -0.39 is 37.3 Å². The first-order chi connectivity index (χ1) is 16.4. The van der Waals surface area contributed by atoms with Gasteiger partial charge in [0, 0.05) is 17.7 Å². The van der Waals surface area contributed by atoms with Gasteiger partial charge in [-0.05, 0) is 30.5 Å². The summed E-state index contributed by atoms with van der Waals surface area (Å²) in [6.07, 6.45) is -5.94. The highest BCUT2D eigenvalue weighted by Crippen LogP contribution is 2.44. The van der Waals surface area contributed by atoms with E-state index in [2.05, 4.69) is 0 Å². The highest BCUT2D eigenvalue weighted by Gasteiger charge is 2.45. The number of hydrogen-bond acceptors (Lipinski definition) is 10. The fourth-order valence-corrected chi connectivity index (χ4v) is 4.24. The molecule has 4 N–H and O–H groups in total. The summed E-state index contributed by atoms with van der Waals surface area (Å²) in [7, 11) is 4.66. The van der Waals surface area contributed by atoms with Crippen molar-refractivity contribution < 1.29 is 48.8 Å². The van der Waals surface area contributed by atoms with Gasteiger partial charge in [-0.2, -0.15) is 0 Å². The molecule has 10 nitrogen and oxygen atoms in total. The molecular formula is C24H30O10. The van der Waals surface area contributed by atoms with Crippen LogP contribution in [0, 0.1) is 0 Å². The third-order valence-electron chi connectivity index (χ3n) is 6.17. The summed E-state index contributed by atoms with van der Waals surface area (Å²) in [5.41, 5.74) is 1.66. The van der Waals surface area contributed by atoms with Gasteiger partial charge in [-0.25, -0.2) is 0 Å². The molecule has 186 valence electrons. The van der Waals surface area contributed by atoms with Crippen LogP contribution in [0.4, 0.5) is 0 Å². The van der Waals surface area contributed by atoms with Crippen molar-refractivity contribution in [2.75, 3.05) is 27.9 Å². The average molecular weight is 478 g/mol. The molecule has 0 aromatic heterocycles. The van der Waals surface area contributed by atoms with Crippen LogP contribution in [-0.4, -0.2) is 79.1 Å². The van der Waals surface area contributed by atoms with Gasteiger partial charge >= 0.3 is 0 Å². The predicted octanol–water partition coefficient (Wildman–Crippen LogP) is 0.957. The molecule has 4 rings (SSSR count). The van der Waals surface area contributed by atoms with Crippen LogP contribution in [-0.2, 0) is 11.2 Å². The Bertz CT molecular complexity index is 994.